The van der Waals surface area contributed by atoms with E-state index in [1.807, 2.05) is 31.2 Å². The molecule has 4 nitrogen and oxygen atoms in total. The van der Waals surface area contributed by atoms with Crippen LogP contribution in [0.15, 0.2) is 40.9 Å². The molecule has 0 saturated carbocycles. The summed E-state index contributed by atoms with van der Waals surface area (Å²) in [6.07, 6.45) is 0. The Bertz CT molecular complexity index is 671. The van der Waals surface area contributed by atoms with Crippen LogP contribution in [0.1, 0.15) is 21.5 Å². The van der Waals surface area contributed by atoms with Crippen molar-refractivity contribution < 1.29 is 14.3 Å². The first-order valence-electron chi connectivity index (χ1n) is 6.37. The first-order chi connectivity index (χ1) is 10.0. The normalized spacial score (nSPS) is 10.2. The second-order valence-electron chi connectivity index (χ2n) is 4.64. The fourth-order valence-corrected chi connectivity index (χ4v) is 2.46. The number of carbonyl (C=O) groups is 1. The zero-order valence-electron chi connectivity index (χ0n) is 11.9. The largest absolute Gasteiger partial charge is 0.496 e. The molecule has 0 aliphatic carbocycles. The van der Waals surface area contributed by atoms with Gasteiger partial charge in [0.15, 0.2) is 0 Å². The van der Waals surface area contributed by atoms with E-state index in [1.54, 1.807) is 19.2 Å². The van der Waals surface area contributed by atoms with Crippen molar-refractivity contribution in [3.63, 3.8) is 0 Å². The molecule has 2 aromatic carbocycles. The standard InChI is InChI=1S/C16H16BrNO3/c1-10-3-5-14(18)12(7-10)16(19)21-9-11-4-6-15(20-2)13(17)8-11/h3-8H,9,18H2,1-2H3. The lowest BCUT2D eigenvalue weighted by Gasteiger charge is -2.09. The molecule has 0 saturated heterocycles. The molecule has 110 valence electrons. The van der Waals surface area contributed by atoms with Gasteiger partial charge in [-0.15, -0.1) is 0 Å². The number of carbonyl (C=O) groups excluding carboxylic acids is 1. The van der Waals surface area contributed by atoms with E-state index in [0.717, 1.165) is 21.3 Å². The molecule has 2 rings (SSSR count). The lowest BCUT2D eigenvalue weighted by Crippen LogP contribution is -2.08. The average molecular weight is 350 g/mol. The fourth-order valence-electron chi connectivity index (χ4n) is 1.87. The Balaban J connectivity index is 2.07. The molecule has 0 aliphatic heterocycles. The molecule has 0 fully saturated rings. The average Bonchev–Trinajstić information content (AvgIpc) is 2.47. The van der Waals surface area contributed by atoms with Crippen molar-refractivity contribution in [1.82, 2.24) is 0 Å². The van der Waals surface area contributed by atoms with Gasteiger partial charge in [0, 0.05) is 5.69 Å². The summed E-state index contributed by atoms with van der Waals surface area (Å²) in [6, 6.07) is 10.8. The van der Waals surface area contributed by atoms with Gasteiger partial charge in [0.05, 0.1) is 17.1 Å². The van der Waals surface area contributed by atoms with Crippen molar-refractivity contribution in [2.45, 2.75) is 13.5 Å². The first-order valence-corrected chi connectivity index (χ1v) is 7.16. The van der Waals surface area contributed by atoms with Crippen molar-refractivity contribution in [1.29, 1.82) is 0 Å². The molecule has 0 unspecified atom stereocenters. The quantitative estimate of drug-likeness (QED) is 0.675. The number of halogens is 1. The van der Waals surface area contributed by atoms with Crippen molar-refractivity contribution in [3.8, 4) is 5.75 Å². The Morgan fingerprint density at radius 3 is 2.67 bits per heavy atom. The zero-order valence-corrected chi connectivity index (χ0v) is 13.4. The molecule has 0 heterocycles. The van der Waals surface area contributed by atoms with Gasteiger partial charge in [0.1, 0.15) is 12.4 Å². The molecule has 0 aliphatic rings. The molecule has 2 aromatic rings. The molecule has 0 spiro atoms. The third-order valence-electron chi connectivity index (χ3n) is 3.01. The van der Waals surface area contributed by atoms with E-state index in [0.29, 0.717) is 11.3 Å². The number of nitrogen functional groups attached to an aromatic ring is 1. The Kier molecular flexibility index (Phi) is 4.85. The van der Waals surface area contributed by atoms with Gasteiger partial charge >= 0.3 is 5.97 Å². The monoisotopic (exact) mass is 349 g/mol. The molecule has 0 amide bonds. The van der Waals surface area contributed by atoms with Crippen LogP contribution in [0.2, 0.25) is 0 Å². The highest BCUT2D eigenvalue weighted by Crippen LogP contribution is 2.26. The maximum atomic E-state index is 12.1. The third-order valence-corrected chi connectivity index (χ3v) is 3.63. The van der Waals surface area contributed by atoms with Crippen LogP contribution in [0, 0.1) is 6.92 Å². The molecular formula is C16H16BrNO3. The Morgan fingerprint density at radius 2 is 2.00 bits per heavy atom. The highest BCUT2D eigenvalue weighted by atomic mass is 79.9. The molecule has 5 heteroatoms. The van der Waals surface area contributed by atoms with Gasteiger partial charge in [-0.3, -0.25) is 0 Å². The predicted octanol–water partition coefficient (Wildman–Crippen LogP) is 3.71. The van der Waals surface area contributed by atoms with Crippen molar-refractivity contribution >= 4 is 27.6 Å². The maximum Gasteiger partial charge on any atom is 0.340 e. The number of benzene rings is 2. The fraction of sp³-hybridized carbons (Fsp3) is 0.188. The maximum absolute atomic E-state index is 12.1. The van der Waals surface area contributed by atoms with Gasteiger partial charge < -0.3 is 15.2 Å². The second kappa shape index (κ2) is 6.63. The molecule has 0 aromatic heterocycles. The number of hydrogen-bond donors (Lipinski definition) is 1. The van der Waals surface area contributed by atoms with Crippen molar-refractivity contribution in [2.24, 2.45) is 0 Å². The van der Waals surface area contributed by atoms with Gasteiger partial charge in [0.2, 0.25) is 0 Å². The van der Waals surface area contributed by atoms with E-state index in [4.69, 9.17) is 15.2 Å². The minimum Gasteiger partial charge on any atom is -0.496 e. The number of rotatable bonds is 4. The summed E-state index contributed by atoms with van der Waals surface area (Å²) in [4.78, 5) is 12.1. The van der Waals surface area contributed by atoms with E-state index in [1.165, 1.54) is 0 Å². The zero-order chi connectivity index (χ0) is 15.4. The third kappa shape index (κ3) is 3.76. The van der Waals surface area contributed by atoms with Crippen LogP contribution in [-0.2, 0) is 11.3 Å². The summed E-state index contributed by atoms with van der Waals surface area (Å²) in [6.45, 7) is 2.08. The highest BCUT2D eigenvalue weighted by molar-refractivity contribution is 9.10. The number of ether oxygens (including phenoxy) is 2. The number of hydrogen-bond acceptors (Lipinski definition) is 4. The van der Waals surface area contributed by atoms with E-state index in [2.05, 4.69) is 15.9 Å². The number of anilines is 1. The van der Waals surface area contributed by atoms with Crippen LogP contribution in [0.4, 0.5) is 5.69 Å². The molecule has 21 heavy (non-hydrogen) atoms. The van der Waals surface area contributed by atoms with Crippen LogP contribution >= 0.6 is 15.9 Å². The highest BCUT2D eigenvalue weighted by Gasteiger charge is 2.12. The summed E-state index contributed by atoms with van der Waals surface area (Å²) in [5, 5.41) is 0. The molecule has 0 atom stereocenters. The summed E-state index contributed by atoms with van der Waals surface area (Å²) in [5.41, 5.74) is 8.43. The molecule has 0 radical (unpaired) electrons. The Morgan fingerprint density at radius 1 is 1.24 bits per heavy atom. The van der Waals surface area contributed by atoms with Crippen LogP contribution in [-0.4, -0.2) is 13.1 Å². The van der Waals surface area contributed by atoms with E-state index in [-0.39, 0.29) is 6.61 Å². The second-order valence-corrected chi connectivity index (χ2v) is 5.49. The minimum atomic E-state index is -0.428. The van der Waals surface area contributed by atoms with Gasteiger partial charge in [-0.05, 0) is 52.7 Å². The topological polar surface area (TPSA) is 61.5 Å². The van der Waals surface area contributed by atoms with Crippen molar-refractivity contribution in [2.75, 3.05) is 12.8 Å². The molecule has 2 N–H and O–H groups in total. The lowest BCUT2D eigenvalue weighted by atomic mass is 10.1. The summed E-state index contributed by atoms with van der Waals surface area (Å²) >= 11 is 3.39. The summed E-state index contributed by atoms with van der Waals surface area (Å²) < 4.78 is 11.3. The lowest BCUT2D eigenvalue weighted by molar-refractivity contribution is 0.0474. The van der Waals surface area contributed by atoms with E-state index < -0.39 is 5.97 Å². The van der Waals surface area contributed by atoms with E-state index >= 15 is 0 Å². The smallest absolute Gasteiger partial charge is 0.340 e. The van der Waals surface area contributed by atoms with Gasteiger partial charge in [-0.2, -0.15) is 0 Å². The number of aryl methyl sites for hydroxylation is 1. The Labute approximate surface area is 132 Å². The summed E-state index contributed by atoms with van der Waals surface area (Å²) in [5.74, 6) is 0.302. The molecule has 0 bridgehead atoms. The van der Waals surface area contributed by atoms with Crippen LogP contribution in [0.25, 0.3) is 0 Å². The SMILES string of the molecule is COc1ccc(COC(=O)c2cc(C)ccc2N)cc1Br. The predicted molar refractivity (Wildman–Crippen MR) is 85.4 cm³/mol. The Hall–Kier alpha value is -2.01. The van der Waals surface area contributed by atoms with Gasteiger partial charge in [-0.25, -0.2) is 4.79 Å². The minimum absolute atomic E-state index is 0.175. The number of esters is 1. The number of nitrogens with two attached hydrogens (primary N) is 1. The van der Waals surface area contributed by atoms with E-state index in [9.17, 15) is 4.79 Å². The molecular weight excluding hydrogens is 334 g/mol. The first kappa shape index (κ1) is 15.4. The van der Waals surface area contributed by atoms with Crippen LogP contribution in [0.3, 0.4) is 0 Å². The number of methoxy groups -OCH3 is 1. The van der Waals surface area contributed by atoms with Crippen LogP contribution in [0.5, 0.6) is 5.75 Å². The van der Waals surface area contributed by atoms with Gasteiger partial charge in [-0.1, -0.05) is 17.7 Å². The van der Waals surface area contributed by atoms with Crippen LogP contribution < -0.4 is 10.5 Å². The van der Waals surface area contributed by atoms with Gasteiger partial charge in [0.25, 0.3) is 0 Å². The summed E-state index contributed by atoms with van der Waals surface area (Å²) in [7, 11) is 1.60. The van der Waals surface area contributed by atoms with Crippen molar-refractivity contribution in [3.05, 3.63) is 57.6 Å².